The minimum atomic E-state index is -3.85. The summed E-state index contributed by atoms with van der Waals surface area (Å²) >= 11 is 0. The standard InChI is InChI=1S/C25H23FN4O3S/c26-19-5-9-21(10-6-19)34(32,33)29-20-7-3-18(4-8-20)25(31)30-14-11-17(12-15-30)23-16-28-24-22(23)2-1-13-27-24/h1-10,13,16-17,29H,11-12,14-15H2,(H,27,28). The number of piperidine rings is 1. The van der Waals surface area contributed by atoms with Gasteiger partial charge < -0.3 is 9.88 Å². The van der Waals surface area contributed by atoms with E-state index in [9.17, 15) is 17.6 Å². The Morgan fingerprint density at radius 2 is 1.74 bits per heavy atom. The lowest BCUT2D eigenvalue weighted by Gasteiger charge is -2.32. The molecule has 2 N–H and O–H groups in total. The number of aromatic nitrogens is 2. The Balaban J connectivity index is 1.22. The van der Waals surface area contributed by atoms with E-state index in [4.69, 9.17) is 0 Å². The lowest BCUT2D eigenvalue weighted by atomic mass is 9.89. The number of nitrogens with one attached hydrogen (secondary N) is 2. The highest BCUT2D eigenvalue weighted by molar-refractivity contribution is 7.92. The van der Waals surface area contributed by atoms with Crippen LogP contribution in [0.5, 0.6) is 0 Å². The van der Waals surface area contributed by atoms with E-state index in [0.29, 0.717) is 30.3 Å². The first-order valence-corrected chi connectivity index (χ1v) is 12.5. The smallest absolute Gasteiger partial charge is 0.261 e. The number of amides is 1. The van der Waals surface area contributed by atoms with Crippen molar-refractivity contribution in [2.75, 3.05) is 17.8 Å². The van der Waals surface area contributed by atoms with Crippen molar-refractivity contribution >= 4 is 32.7 Å². The Labute approximate surface area is 196 Å². The van der Waals surface area contributed by atoms with Crippen LogP contribution in [-0.4, -0.2) is 42.3 Å². The Morgan fingerprint density at radius 3 is 2.44 bits per heavy atom. The monoisotopic (exact) mass is 478 g/mol. The molecule has 7 nitrogen and oxygen atoms in total. The molecule has 174 valence electrons. The number of likely N-dealkylation sites (tertiary alicyclic amines) is 1. The van der Waals surface area contributed by atoms with E-state index >= 15 is 0 Å². The maximum atomic E-state index is 13.1. The van der Waals surface area contributed by atoms with Crippen LogP contribution in [0.2, 0.25) is 0 Å². The molecule has 1 saturated heterocycles. The SMILES string of the molecule is O=C(c1ccc(NS(=O)(=O)c2ccc(F)cc2)cc1)N1CCC(c2c[nH]c3ncccc23)CC1. The van der Waals surface area contributed by atoms with Crippen molar-refractivity contribution in [1.82, 2.24) is 14.9 Å². The van der Waals surface area contributed by atoms with E-state index in [1.165, 1.54) is 17.7 Å². The van der Waals surface area contributed by atoms with Crippen LogP contribution in [0, 0.1) is 5.82 Å². The number of anilines is 1. The molecule has 2 aromatic heterocycles. The summed E-state index contributed by atoms with van der Waals surface area (Å²) in [6.45, 7) is 1.30. The number of pyridine rings is 1. The van der Waals surface area contributed by atoms with Gasteiger partial charge in [0.1, 0.15) is 11.5 Å². The molecule has 0 atom stereocenters. The van der Waals surface area contributed by atoms with E-state index in [1.54, 1.807) is 30.5 Å². The number of benzene rings is 2. The number of carbonyl (C=O) groups excluding carboxylic acids is 1. The summed E-state index contributed by atoms with van der Waals surface area (Å²) in [7, 11) is -3.85. The molecule has 1 aliphatic heterocycles. The van der Waals surface area contributed by atoms with Crippen molar-refractivity contribution in [2.45, 2.75) is 23.7 Å². The summed E-state index contributed by atoms with van der Waals surface area (Å²) in [6, 6.07) is 14.9. The van der Waals surface area contributed by atoms with Crippen LogP contribution < -0.4 is 4.72 Å². The number of aromatic amines is 1. The zero-order valence-corrected chi connectivity index (χ0v) is 19.1. The average Bonchev–Trinajstić information content (AvgIpc) is 3.28. The predicted molar refractivity (Wildman–Crippen MR) is 128 cm³/mol. The summed E-state index contributed by atoms with van der Waals surface area (Å²) in [4.78, 5) is 22.4. The molecular weight excluding hydrogens is 455 g/mol. The van der Waals surface area contributed by atoms with Crippen molar-refractivity contribution in [2.24, 2.45) is 0 Å². The molecule has 1 fully saturated rings. The largest absolute Gasteiger partial charge is 0.346 e. The molecule has 0 unspecified atom stereocenters. The van der Waals surface area contributed by atoms with Crippen molar-refractivity contribution in [3.63, 3.8) is 0 Å². The highest BCUT2D eigenvalue weighted by Gasteiger charge is 2.26. The lowest BCUT2D eigenvalue weighted by molar-refractivity contribution is 0.0713. The van der Waals surface area contributed by atoms with Gasteiger partial charge in [-0.05, 0) is 85.0 Å². The number of hydrogen-bond donors (Lipinski definition) is 2. The molecule has 0 spiro atoms. The zero-order valence-electron chi connectivity index (χ0n) is 18.2. The first-order chi connectivity index (χ1) is 16.4. The highest BCUT2D eigenvalue weighted by Crippen LogP contribution is 2.33. The van der Waals surface area contributed by atoms with Gasteiger partial charge in [-0.3, -0.25) is 9.52 Å². The minimum Gasteiger partial charge on any atom is -0.346 e. The van der Waals surface area contributed by atoms with Gasteiger partial charge in [-0.2, -0.15) is 0 Å². The van der Waals surface area contributed by atoms with Crippen LogP contribution in [0.15, 0.2) is 78.0 Å². The third-order valence-corrected chi connectivity index (χ3v) is 7.61. The van der Waals surface area contributed by atoms with Gasteiger partial charge in [0.25, 0.3) is 15.9 Å². The maximum Gasteiger partial charge on any atom is 0.261 e. The van der Waals surface area contributed by atoms with Gasteiger partial charge in [0.2, 0.25) is 0 Å². The van der Waals surface area contributed by atoms with Gasteiger partial charge in [0, 0.05) is 42.1 Å². The van der Waals surface area contributed by atoms with E-state index < -0.39 is 15.8 Å². The van der Waals surface area contributed by atoms with Gasteiger partial charge in [-0.1, -0.05) is 0 Å². The second-order valence-corrected chi connectivity index (χ2v) is 10.0. The lowest BCUT2D eigenvalue weighted by Crippen LogP contribution is -2.37. The summed E-state index contributed by atoms with van der Waals surface area (Å²) < 4.78 is 40.5. The molecule has 0 aliphatic carbocycles. The second-order valence-electron chi connectivity index (χ2n) is 8.35. The Hall–Kier alpha value is -3.72. The number of sulfonamides is 1. The third-order valence-electron chi connectivity index (χ3n) is 6.21. The fraction of sp³-hybridized carbons (Fsp3) is 0.200. The number of fused-ring (bicyclic) bond motifs is 1. The van der Waals surface area contributed by atoms with Crippen LogP contribution >= 0.6 is 0 Å². The number of H-pyrrole nitrogens is 1. The summed E-state index contributed by atoms with van der Waals surface area (Å²) in [5.41, 5.74) is 2.95. The molecule has 0 saturated carbocycles. The molecule has 5 rings (SSSR count). The number of rotatable bonds is 5. The van der Waals surface area contributed by atoms with Gasteiger partial charge in [0.15, 0.2) is 0 Å². The first-order valence-electron chi connectivity index (χ1n) is 11.0. The summed E-state index contributed by atoms with van der Waals surface area (Å²) in [5, 5.41) is 1.13. The van der Waals surface area contributed by atoms with Crippen LogP contribution in [-0.2, 0) is 10.0 Å². The molecule has 4 aromatic rings. The average molecular weight is 479 g/mol. The van der Waals surface area contributed by atoms with Crippen molar-refractivity contribution in [3.05, 3.63) is 90.0 Å². The molecule has 0 radical (unpaired) electrons. The van der Waals surface area contributed by atoms with Gasteiger partial charge in [-0.25, -0.2) is 17.8 Å². The molecule has 9 heteroatoms. The van der Waals surface area contributed by atoms with E-state index in [2.05, 4.69) is 20.8 Å². The van der Waals surface area contributed by atoms with Crippen LogP contribution in [0.3, 0.4) is 0 Å². The fourth-order valence-corrected chi connectivity index (χ4v) is 5.46. The Morgan fingerprint density at radius 1 is 1.03 bits per heavy atom. The number of halogens is 1. The number of carbonyl (C=O) groups is 1. The molecule has 1 amide bonds. The zero-order chi connectivity index (χ0) is 23.7. The van der Waals surface area contributed by atoms with E-state index in [0.717, 1.165) is 36.0 Å². The fourth-order valence-electron chi connectivity index (χ4n) is 4.40. The molecule has 2 aromatic carbocycles. The van der Waals surface area contributed by atoms with Gasteiger partial charge >= 0.3 is 0 Å². The van der Waals surface area contributed by atoms with Crippen molar-refractivity contribution in [3.8, 4) is 0 Å². The van der Waals surface area contributed by atoms with Crippen molar-refractivity contribution < 1.29 is 17.6 Å². The van der Waals surface area contributed by atoms with Gasteiger partial charge in [-0.15, -0.1) is 0 Å². The molecule has 34 heavy (non-hydrogen) atoms. The van der Waals surface area contributed by atoms with Crippen LogP contribution in [0.4, 0.5) is 10.1 Å². The van der Waals surface area contributed by atoms with Crippen LogP contribution in [0.25, 0.3) is 11.0 Å². The third kappa shape index (κ3) is 4.38. The molecular formula is C25H23FN4O3S. The Kier molecular flexibility index (Phi) is 5.79. The van der Waals surface area contributed by atoms with Crippen molar-refractivity contribution in [1.29, 1.82) is 0 Å². The minimum absolute atomic E-state index is 0.0390. The highest BCUT2D eigenvalue weighted by atomic mass is 32.2. The molecule has 3 heterocycles. The van der Waals surface area contributed by atoms with Gasteiger partial charge in [0.05, 0.1) is 4.90 Å². The topological polar surface area (TPSA) is 95.2 Å². The second kappa shape index (κ2) is 8.90. The molecule has 1 aliphatic rings. The number of nitrogens with zero attached hydrogens (tertiary/aromatic N) is 2. The summed E-state index contributed by atoms with van der Waals surface area (Å²) in [6.07, 6.45) is 5.51. The maximum absolute atomic E-state index is 13.1. The quantitative estimate of drug-likeness (QED) is 0.441. The normalized spacial score (nSPS) is 14.9. The van der Waals surface area contributed by atoms with E-state index in [-0.39, 0.29) is 10.8 Å². The predicted octanol–water partition coefficient (Wildman–Crippen LogP) is 4.52. The summed E-state index contributed by atoms with van der Waals surface area (Å²) in [5.74, 6) is -0.221. The molecule has 0 bridgehead atoms. The first kappa shape index (κ1) is 22.1. The van der Waals surface area contributed by atoms with Crippen LogP contribution in [0.1, 0.15) is 34.7 Å². The van der Waals surface area contributed by atoms with E-state index in [1.807, 2.05) is 17.2 Å². The Bertz CT molecular complexity index is 1430. The number of hydrogen-bond acceptors (Lipinski definition) is 4.